The van der Waals surface area contributed by atoms with Gasteiger partial charge < -0.3 is 14.5 Å². The van der Waals surface area contributed by atoms with Gasteiger partial charge >= 0.3 is 5.97 Å². The number of nitrogens with zero attached hydrogens (tertiary/aromatic N) is 1. The molecular weight excluding hydrogens is 322 g/mol. The molecule has 0 spiro atoms. The molecule has 4 rings (SSSR count). The van der Waals surface area contributed by atoms with Gasteiger partial charge in [0.05, 0.1) is 18.2 Å². The lowest BCUT2D eigenvalue weighted by molar-refractivity contribution is -0.117. The summed E-state index contributed by atoms with van der Waals surface area (Å²) >= 11 is 0. The van der Waals surface area contributed by atoms with E-state index < -0.39 is 11.9 Å². The summed E-state index contributed by atoms with van der Waals surface area (Å²) in [5.41, 5.74) is 2.28. The Morgan fingerprint density at radius 1 is 1.24 bits per heavy atom. The van der Waals surface area contributed by atoms with Gasteiger partial charge in [0.2, 0.25) is 11.9 Å². The lowest BCUT2D eigenvalue weighted by Crippen LogP contribution is -2.22. The molecule has 0 saturated heterocycles. The normalized spacial score (nSPS) is 15.5. The number of ether oxygens (including phenoxy) is 2. The summed E-state index contributed by atoms with van der Waals surface area (Å²) < 4.78 is 10.3. The van der Waals surface area contributed by atoms with E-state index in [0.29, 0.717) is 23.2 Å². The van der Waals surface area contributed by atoms with Crippen LogP contribution in [0.15, 0.2) is 42.5 Å². The van der Waals surface area contributed by atoms with Gasteiger partial charge in [0.15, 0.2) is 0 Å². The van der Waals surface area contributed by atoms with Crippen LogP contribution in [-0.4, -0.2) is 35.6 Å². The van der Waals surface area contributed by atoms with E-state index in [2.05, 4.69) is 15.3 Å². The first kappa shape index (κ1) is 15.2. The van der Waals surface area contributed by atoms with Gasteiger partial charge in [-0.25, -0.2) is 9.78 Å². The molecule has 7 nitrogen and oxygen atoms in total. The van der Waals surface area contributed by atoms with E-state index >= 15 is 0 Å². The Balaban J connectivity index is 1.61. The summed E-state index contributed by atoms with van der Waals surface area (Å²) in [5, 5.41) is 2.76. The van der Waals surface area contributed by atoms with Crippen LogP contribution >= 0.6 is 0 Å². The number of aromatic nitrogens is 2. The Morgan fingerprint density at radius 2 is 2.08 bits per heavy atom. The zero-order chi connectivity index (χ0) is 17.4. The highest BCUT2D eigenvalue weighted by Gasteiger charge is 2.30. The number of rotatable bonds is 3. The smallest absolute Gasteiger partial charge is 0.340 e. The van der Waals surface area contributed by atoms with Crippen LogP contribution < -0.4 is 10.1 Å². The zero-order valence-corrected chi connectivity index (χ0v) is 13.4. The quantitative estimate of drug-likeness (QED) is 0.716. The summed E-state index contributed by atoms with van der Waals surface area (Å²) in [4.78, 5) is 31.7. The molecule has 126 valence electrons. The summed E-state index contributed by atoms with van der Waals surface area (Å²) in [7, 11) is 1.31. The van der Waals surface area contributed by atoms with Crippen molar-refractivity contribution in [3.05, 3.63) is 53.6 Å². The molecule has 0 fully saturated rings. The standard InChI is InChI=1S/C18H15N3O4/c1-24-17(23)11-6-4-7-13-15(11)20-18(19-13)21-16(22)12-9-25-14-8-3-2-5-10(12)14/h2-8,12H,9H2,1H3,(H2,19,20,21,22)/t12-/m1/s1. The van der Waals surface area contributed by atoms with E-state index in [9.17, 15) is 9.59 Å². The molecule has 1 atom stereocenters. The molecule has 2 aromatic carbocycles. The average Bonchev–Trinajstić information content (AvgIpc) is 3.24. The number of methoxy groups -OCH3 is 1. The molecule has 2 N–H and O–H groups in total. The molecule has 1 aliphatic heterocycles. The van der Waals surface area contributed by atoms with Crippen LogP contribution in [0.5, 0.6) is 5.75 Å². The number of amides is 1. The fourth-order valence-corrected chi connectivity index (χ4v) is 2.95. The predicted molar refractivity (Wildman–Crippen MR) is 90.7 cm³/mol. The largest absolute Gasteiger partial charge is 0.492 e. The van der Waals surface area contributed by atoms with E-state index in [1.807, 2.05) is 24.3 Å². The van der Waals surface area contributed by atoms with Crippen LogP contribution in [0.25, 0.3) is 11.0 Å². The molecule has 0 bridgehead atoms. The van der Waals surface area contributed by atoms with Gasteiger partial charge in [-0.2, -0.15) is 0 Å². The maximum Gasteiger partial charge on any atom is 0.340 e. The second-order valence-electron chi connectivity index (χ2n) is 5.67. The second kappa shape index (κ2) is 5.94. The van der Waals surface area contributed by atoms with Crippen molar-refractivity contribution in [2.24, 2.45) is 0 Å². The zero-order valence-electron chi connectivity index (χ0n) is 13.4. The van der Waals surface area contributed by atoms with Crippen molar-refractivity contribution in [1.29, 1.82) is 0 Å². The van der Waals surface area contributed by atoms with Crippen molar-refractivity contribution in [1.82, 2.24) is 9.97 Å². The molecule has 25 heavy (non-hydrogen) atoms. The third-order valence-corrected chi connectivity index (χ3v) is 4.18. The fourth-order valence-electron chi connectivity index (χ4n) is 2.95. The third kappa shape index (κ3) is 2.59. The number of benzene rings is 2. The predicted octanol–water partition coefficient (Wildman–Crippen LogP) is 2.46. The number of para-hydroxylation sites is 2. The Morgan fingerprint density at radius 3 is 2.92 bits per heavy atom. The highest BCUT2D eigenvalue weighted by molar-refractivity contribution is 6.03. The van der Waals surface area contributed by atoms with Crippen LogP contribution in [0.4, 0.5) is 5.95 Å². The highest BCUT2D eigenvalue weighted by Crippen LogP contribution is 2.34. The Hall–Kier alpha value is -3.35. The van der Waals surface area contributed by atoms with Crippen molar-refractivity contribution >= 4 is 28.9 Å². The molecule has 0 aliphatic carbocycles. The first-order valence-electron chi connectivity index (χ1n) is 7.77. The average molecular weight is 337 g/mol. The number of aromatic amines is 1. The lowest BCUT2D eigenvalue weighted by Gasteiger charge is -2.07. The number of nitrogens with one attached hydrogen (secondary N) is 2. The fraction of sp³-hybridized carbons (Fsp3) is 0.167. The number of anilines is 1. The minimum absolute atomic E-state index is 0.219. The van der Waals surface area contributed by atoms with Crippen molar-refractivity contribution in [3.63, 3.8) is 0 Å². The highest BCUT2D eigenvalue weighted by atomic mass is 16.5. The molecule has 1 amide bonds. The van der Waals surface area contributed by atoms with Gasteiger partial charge in [-0.1, -0.05) is 24.3 Å². The Kier molecular flexibility index (Phi) is 3.61. The number of imidazole rings is 1. The maximum absolute atomic E-state index is 12.6. The van der Waals surface area contributed by atoms with Crippen molar-refractivity contribution in [2.45, 2.75) is 5.92 Å². The monoisotopic (exact) mass is 337 g/mol. The van der Waals surface area contributed by atoms with Crippen molar-refractivity contribution in [3.8, 4) is 5.75 Å². The summed E-state index contributed by atoms with van der Waals surface area (Å²) in [6.45, 7) is 0.290. The van der Waals surface area contributed by atoms with Crippen LogP contribution in [0.1, 0.15) is 21.8 Å². The van der Waals surface area contributed by atoms with E-state index in [0.717, 1.165) is 11.3 Å². The second-order valence-corrected chi connectivity index (χ2v) is 5.67. The van der Waals surface area contributed by atoms with Gasteiger partial charge in [-0.15, -0.1) is 0 Å². The molecule has 7 heteroatoms. The summed E-state index contributed by atoms with van der Waals surface area (Å²) in [5.74, 6) is -0.0952. The Bertz CT molecular complexity index is 979. The minimum atomic E-state index is -0.479. The summed E-state index contributed by atoms with van der Waals surface area (Å²) in [6.07, 6.45) is 0. The van der Waals surface area contributed by atoms with Crippen molar-refractivity contribution < 1.29 is 19.1 Å². The molecule has 0 saturated carbocycles. The molecule has 1 aromatic heterocycles. The van der Waals surface area contributed by atoms with Crippen LogP contribution in [0.3, 0.4) is 0 Å². The number of esters is 1. The number of carbonyl (C=O) groups excluding carboxylic acids is 2. The topological polar surface area (TPSA) is 93.3 Å². The molecule has 2 heterocycles. The first-order valence-corrected chi connectivity index (χ1v) is 7.77. The number of hydrogen-bond acceptors (Lipinski definition) is 5. The van der Waals surface area contributed by atoms with Gasteiger partial charge in [0.1, 0.15) is 23.8 Å². The van der Waals surface area contributed by atoms with E-state index in [-0.39, 0.29) is 11.9 Å². The van der Waals surface area contributed by atoms with Gasteiger partial charge in [0, 0.05) is 5.56 Å². The van der Waals surface area contributed by atoms with Crippen LogP contribution in [0, 0.1) is 0 Å². The lowest BCUT2D eigenvalue weighted by atomic mass is 10.0. The van der Waals surface area contributed by atoms with Gasteiger partial charge in [0.25, 0.3) is 0 Å². The first-order chi connectivity index (χ1) is 12.2. The molecule has 0 unspecified atom stereocenters. The maximum atomic E-state index is 12.6. The SMILES string of the molecule is COC(=O)c1cccc2[nH]c(NC(=O)[C@@H]3COc4ccccc43)nc12. The minimum Gasteiger partial charge on any atom is -0.492 e. The number of fused-ring (bicyclic) bond motifs is 2. The van der Waals surface area contributed by atoms with Gasteiger partial charge in [-0.3, -0.25) is 10.1 Å². The van der Waals surface area contributed by atoms with Crippen LogP contribution in [-0.2, 0) is 9.53 Å². The van der Waals surface area contributed by atoms with Gasteiger partial charge in [-0.05, 0) is 18.2 Å². The molecular formula is C18H15N3O4. The number of H-pyrrole nitrogens is 1. The Labute approximate surface area is 143 Å². The molecule has 3 aromatic rings. The molecule has 0 radical (unpaired) electrons. The van der Waals surface area contributed by atoms with E-state index in [1.54, 1.807) is 18.2 Å². The number of carbonyl (C=O) groups is 2. The van der Waals surface area contributed by atoms with E-state index in [4.69, 9.17) is 9.47 Å². The third-order valence-electron chi connectivity index (χ3n) is 4.18. The van der Waals surface area contributed by atoms with Crippen molar-refractivity contribution in [2.75, 3.05) is 19.0 Å². The van der Waals surface area contributed by atoms with Crippen LogP contribution in [0.2, 0.25) is 0 Å². The number of hydrogen-bond donors (Lipinski definition) is 2. The van der Waals surface area contributed by atoms with E-state index in [1.165, 1.54) is 7.11 Å². The molecule has 1 aliphatic rings. The summed E-state index contributed by atoms with van der Waals surface area (Å²) in [6, 6.07) is 12.6.